The van der Waals surface area contributed by atoms with Crippen molar-refractivity contribution < 1.29 is 13.2 Å². The molecule has 0 spiro atoms. The van der Waals surface area contributed by atoms with Crippen molar-refractivity contribution in [2.45, 2.75) is 31.0 Å². The summed E-state index contributed by atoms with van der Waals surface area (Å²) in [5.74, 6) is -1.07. The molecule has 1 aromatic heterocycles. The first-order valence-corrected chi connectivity index (χ1v) is 6.43. The number of alkyl halides is 3. The van der Waals surface area contributed by atoms with E-state index >= 15 is 0 Å². The Bertz CT molecular complexity index is 412. The van der Waals surface area contributed by atoms with Crippen molar-refractivity contribution in [2.24, 2.45) is 0 Å². The predicted molar refractivity (Wildman–Crippen MR) is 63.7 cm³/mol. The third-order valence-corrected chi connectivity index (χ3v) is 4.15. The van der Waals surface area contributed by atoms with Crippen LogP contribution in [-0.4, -0.2) is 40.4 Å². The van der Waals surface area contributed by atoms with E-state index in [9.17, 15) is 13.2 Å². The van der Waals surface area contributed by atoms with E-state index in [1.807, 2.05) is 14.1 Å². The van der Waals surface area contributed by atoms with Crippen molar-refractivity contribution >= 4 is 16.7 Å². The number of likely N-dealkylation sites (N-methyl/N-ethyl adjacent to an activating group) is 1. The van der Waals surface area contributed by atoms with E-state index in [0.717, 1.165) is 30.8 Å². The van der Waals surface area contributed by atoms with Crippen molar-refractivity contribution in [3.05, 3.63) is 5.82 Å². The number of rotatable bonds is 4. The maximum absolute atomic E-state index is 12.3. The molecule has 0 saturated heterocycles. The van der Waals surface area contributed by atoms with Crippen LogP contribution in [0.15, 0.2) is 0 Å². The largest absolute Gasteiger partial charge is 0.452 e. The molecule has 1 aromatic rings. The van der Waals surface area contributed by atoms with E-state index < -0.39 is 12.0 Å². The lowest BCUT2D eigenvalue weighted by molar-refractivity contribution is -0.144. The Morgan fingerprint density at radius 3 is 2.44 bits per heavy atom. The fourth-order valence-electron chi connectivity index (χ4n) is 2.02. The van der Waals surface area contributed by atoms with Crippen LogP contribution < -0.4 is 5.32 Å². The van der Waals surface area contributed by atoms with Crippen LogP contribution in [0.4, 0.5) is 18.3 Å². The van der Waals surface area contributed by atoms with Crippen molar-refractivity contribution in [1.82, 2.24) is 14.3 Å². The number of hydrogen-bond acceptors (Lipinski definition) is 5. The van der Waals surface area contributed by atoms with Crippen LogP contribution in [-0.2, 0) is 6.18 Å². The van der Waals surface area contributed by atoms with Crippen molar-refractivity contribution in [3.63, 3.8) is 0 Å². The third-order valence-electron chi connectivity index (χ3n) is 3.48. The van der Waals surface area contributed by atoms with Crippen LogP contribution in [0.2, 0.25) is 0 Å². The Hall–Kier alpha value is -0.890. The van der Waals surface area contributed by atoms with Gasteiger partial charge in [-0.15, -0.1) is 0 Å². The van der Waals surface area contributed by atoms with Gasteiger partial charge in [-0.05, 0) is 33.4 Å². The van der Waals surface area contributed by atoms with Crippen LogP contribution >= 0.6 is 11.5 Å². The number of nitrogens with one attached hydrogen (secondary N) is 1. The minimum absolute atomic E-state index is 0.0457. The van der Waals surface area contributed by atoms with Gasteiger partial charge in [0.15, 0.2) is 0 Å². The monoisotopic (exact) mass is 280 g/mol. The van der Waals surface area contributed by atoms with Gasteiger partial charge >= 0.3 is 6.18 Å². The first kappa shape index (κ1) is 13.5. The molecule has 102 valence electrons. The number of hydrogen-bond donors (Lipinski definition) is 1. The zero-order valence-corrected chi connectivity index (χ0v) is 11.0. The summed E-state index contributed by atoms with van der Waals surface area (Å²) >= 11 is 0.753. The summed E-state index contributed by atoms with van der Waals surface area (Å²) in [6.07, 6.45) is -1.20. The minimum atomic E-state index is -4.47. The molecule has 0 bridgehead atoms. The average Bonchev–Trinajstić information content (AvgIpc) is 2.63. The summed E-state index contributed by atoms with van der Waals surface area (Å²) in [6.45, 7) is 0.604. The van der Waals surface area contributed by atoms with Gasteiger partial charge in [0, 0.05) is 23.6 Å². The highest BCUT2D eigenvalue weighted by atomic mass is 32.1. The maximum Gasteiger partial charge on any atom is 0.452 e. The summed E-state index contributed by atoms with van der Waals surface area (Å²) in [5.41, 5.74) is 0.0457. The lowest BCUT2D eigenvalue weighted by Gasteiger charge is -2.47. The highest BCUT2D eigenvalue weighted by Gasteiger charge is 2.39. The first-order chi connectivity index (χ1) is 8.33. The van der Waals surface area contributed by atoms with Crippen molar-refractivity contribution in [1.29, 1.82) is 0 Å². The Balaban J connectivity index is 1.96. The summed E-state index contributed by atoms with van der Waals surface area (Å²) in [7, 11) is 3.98. The molecule has 1 aliphatic rings. The molecule has 1 aliphatic carbocycles. The van der Waals surface area contributed by atoms with Crippen molar-refractivity contribution in [3.8, 4) is 0 Å². The predicted octanol–water partition coefficient (Wildman–Crippen LogP) is 2.45. The smallest absolute Gasteiger partial charge is 0.358 e. The van der Waals surface area contributed by atoms with Gasteiger partial charge < -0.3 is 10.2 Å². The summed E-state index contributed by atoms with van der Waals surface area (Å²) in [4.78, 5) is 5.58. The average molecular weight is 280 g/mol. The van der Waals surface area contributed by atoms with Crippen molar-refractivity contribution in [2.75, 3.05) is 26.0 Å². The van der Waals surface area contributed by atoms with Gasteiger partial charge in [-0.25, -0.2) is 0 Å². The molecule has 0 radical (unpaired) electrons. The Morgan fingerprint density at radius 1 is 1.39 bits per heavy atom. The Morgan fingerprint density at radius 2 is 2.06 bits per heavy atom. The molecule has 0 atom stereocenters. The molecule has 1 fully saturated rings. The fraction of sp³-hybridized carbons (Fsp3) is 0.800. The van der Waals surface area contributed by atoms with Crippen LogP contribution in [0.1, 0.15) is 25.1 Å². The van der Waals surface area contributed by atoms with E-state index in [4.69, 9.17) is 0 Å². The standard InChI is InChI=1S/C10H15F3N4S/c1-17(2)9(4-3-5-9)6-14-8-15-7(16-18-8)10(11,12)13/h3-6H2,1-2H3,(H,14,15,16). The fourth-order valence-corrected chi connectivity index (χ4v) is 2.60. The van der Waals surface area contributed by atoms with Crippen LogP contribution in [0.5, 0.6) is 0 Å². The van der Waals surface area contributed by atoms with Gasteiger partial charge in [0.05, 0.1) is 0 Å². The molecule has 0 amide bonds. The zero-order chi connectivity index (χ0) is 13.4. The number of nitrogens with zero attached hydrogens (tertiary/aromatic N) is 3. The lowest BCUT2D eigenvalue weighted by Crippen LogP contribution is -2.54. The van der Waals surface area contributed by atoms with Gasteiger partial charge in [-0.1, -0.05) is 0 Å². The maximum atomic E-state index is 12.3. The Kier molecular flexibility index (Phi) is 3.50. The van der Waals surface area contributed by atoms with E-state index in [2.05, 4.69) is 19.6 Å². The van der Waals surface area contributed by atoms with E-state index in [-0.39, 0.29) is 10.7 Å². The summed E-state index contributed by atoms with van der Waals surface area (Å²) in [6, 6.07) is 0. The molecule has 1 heterocycles. The molecular weight excluding hydrogens is 265 g/mol. The normalized spacial score (nSPS) is 18.8. The highest BCUT2D eigenvalue weighted by molar-refractivity contribution is 7.09. The van der Waals surface area contributed by atoms with Crippen LogP contribution in [0, 0.1) is 0 Å². The topological polar surface area (TPSA) is 41.0 Å². The molecule has 2 rings (SSSR count). The van der Waals surface area contributed by atoms with E-state index in [0.29, 0.717) is 6.54 Å². The summed E-state index contributed by atoms with van der Waals surface area (Å²) in [5, 5.41) is 3.20. The second-order valence-electron chi connectivity index (χ2n) is 4.75. The quantitative estimate of drug-likeness (QED) is 0.920. The molecule has 1 saturated carbocycles. The van der Waals surface area contributed by atoms with E-state index in [1.165, 1.54) is 0 Å². The van der Waals surface area contributed by atoms with Crippen LogP contribution in [0.3, 0.4) is 0 Å². The molecular formula is C10H15F3N4S. The molecule has 0 aliphatic heterocycles. The number of aromatic nitrogens is 2. The molecule has 4 nitrogen and oxygen atoms in total. The SMILES string of the molecule is CN(C)C1(CNc2nc(C(F)(F)F)ns2)CCC1. The number of anilines is 1. The molecule has 8 heteroatoms. The third kappa shape index (κ3) is 2.59. The second kappa shape index (κ2) is 4.65. The summed E-state index contributed by atoms with van der Waals surface area (Å²) < 4.78 is 40.3. The zero-order valence-electron chi connectivity index (χ0n) is 10.2. The first-order valence-electron chi connectivity index (χ1n) is 5.66. The minimum Gasteiger partial charge on any atom is -0.358 e. The van der Waals surface area contributed by atoms with Gasteiger partial charge in [0.2, 0.25) is 11.0 Å². The second-order valence-corrected chi connectivity index (χ2v) is 5.50. The molecule has 18 heavy (non-hydrogen) atoms. The molecule has 0 aromatic carbocycles. The highest BCUT2D eigenvalue weighted by Crippen LogP contribution is 2.36. The van der Waals surface area contributed by atoms with Gasteiger partial charge in [0.1, 0.15) is 0 Å². The lowest BCUT2D eigenvalue weighted by atomic mass is 9.75. The Labute approximate surface area is 107 Å². The van der Waals surface area contributed by atoms with Gasteiger partial charge in [-0.2, -0.15) is 22.5 Å². The van der Waals surface area contributed by atoms with E-state index in [1.54, 1.807) is 0 Å². The van der Waals surface area contributed by atoms with Crippen LogP contribution in [0.25, 0.3) is 0 Å². The van der Waals surface area contributed by atoms with Gasteiger partial charge in [0.25, 0.3) is 0 Å². The van der Waals surface area contributed by atoms with Gasteiger partial charge in [-0.3, -0.25) is 0 Å². The molecule has 0 unspecified atom stereocenters. The molecule has 1 N–H and O–H groups in total. The number of halogens is 3.